The van der Waals surface area contributed by atoms with Crippen LogP contribution in [-0.4, -0.2) is 21.3 Å². The molecule has 0 atom stereocenters. The van der Waals surface area contributed by atoms with Crippen molar-refractivity contribution >= 4 is 5.82 Å². The number of hydrogen-bond donors (Lipinski definition) is 1. The van der Waals surface area contributed by atoms with Crippen LogP contribution in [0.3, 0.4) is 0 Å². The lowest BCUT2D eigenvalue weighted by Gasteiger charge is -2.06. The second-order valence-corrected chi connectivity index (χ2v) is 3.18. The Hall–Kier alpha value is -1.98. The largest absolute Gasteiger partial charge is 0.366 e. The summed E-state index contributed by atoms with van der Waals surface area (Å²) >= 11 is 0. The van der Waals surface area contributed by atoms with Gasteiger partial charge in [0, 0.05) is 25.0 Å². The average Bonchev–Trinajstić information content (AvgIpc) is 2.74. The molecule has 2 aromatic heterocycles. The van der Waals surface area contributed by atoms with Crippen molar-refractivity contribution in [3.8, 4) is 0 Å². The van der Waals surface area contributed by atoms with E-state index in [-0.39, 0.29) is 5.82 Å². The molecule has 0 aromatic carbocycles. The lowest BCUT2D eigenvalue weighted by Crippen LogP contribution is -2.12. The normalized spacial score (nSPS) is 10.4. The first-order valence-corrected chi connectivity index (χ1v) is 4.78. The monoisotopic (exact) mass is 224 g/mol. The number of aromatic nitrogens is 3. The van der Waals surface area contributed by atoms with Crippen LogP contribution in [0.15, 0.2) is 30.7 Å². The Labute approximate surface area is 90.9 Å². The number of hydrogen-bond acceptors (Lipinski definition) is 3. The zero-order valence-electron chi connectivity index (χ0n) is 8.40. The highest BCUT2D eigenvalue weighted by molar-refractivity contribution is 5.35. The van der Waals surface area contributed by atoms with E-state index in [1.807, 2.05) is 0 Å². The predicted molar refractivity (Wildman–Crippen MR) is 54.9 cm³/mol. The zero-order valence-corrected chi connectivity index (χ0v) is 8.40. The van der Waals surface area contributed by atoms with E-state index in [2.05, 4.69) is 15.4 Å². The van der Waals surface area contributed by atoms with Gasteiger partial charge in [0.25, 0.3) is 0 Å². The molecule has 0 amide bonds. The maximum absolute atomic E-state index is 13.1. The summed E-state index contributed by atoms with van der Waals surface area (Å²) in [6.45, 7) is 1.06. The van der Waals surface area contributed by atoms with Gasteiger partial charge in [-0.05, 0) is 6.07 Å². The molecule has 0 unspecified atom stereocenters. The van der Waals surface area contributed by atoms with Gasteiger partial charge in [-0.1, -0.05) is 0 Å². The van der Waals surface area contributed by atoms with Gasteiger partial charge in [-0.15, -0.1) is 0 Å². The molecule has 16 heavy (non-hydrogen) atoms. The Morgan fingerprint density at radius 3 is 2.94 bits per heavy atom. The van der Waals surface area contributed by atoms with E-state index in [9.17, 15) is 8.78 Å². The number of anilines is 1. The van der Waals surface area contributed by atoms with Gasteiger partial charge in [0.2, 0.25) is 0 Å². The first-order valence-electron chi connectivity index (χ1n) is 4.78. The molecule has 0 saturated heterocycles. The minimum Gasteiger partial charge on any atom is -0.366 e. The van der Waals surface area contributed by atoms with Crippen LogP contribution in [0.4, 0.5) is 14.6 Å². The minimum atomic E-state index is -0.694. The number of nitrogens with zero attached hydrogens (tertiary/aromatic N) is 3. The summed E-state index contributed by atoms with van der Waals surface area (Å²) in [5.41, 5.74) is 0. The first-order chi connectivity index (χ1) is 7.75. The van der Waals surface area contributed by atoms with Crippen molar-refractivity contribution in [1.29, 1.82) is 0 Å². The van der Waals surface area contributed by atoms with Gasteiger partial charge >= 0.3 is 0 Å². The van der Waals surface area contributed by atoms with Gasteiger partial charge in [-0.2, -0.15) is 5.10 Å². The molecule has 0 saturated carbocycles. The van der Waals surface area contributed by atoms with E-state index < -0.39 is 11.6 Å². The van der Waals surface area contributed by atoms with Crippen LogP contribution in [0.1, 0.15) is 0 Å². The summed E-state index contributed by atoms with van der Waals surface area (Å²) in [5.74, 6) is -1.33. The second-order valence-electron chi connectivity index (χ2n) is 3.18. The fourth-order valence-electron chi connectivity index (χ4n) is 1.27. The van der Waals surface area contributed by atoms with E-state index in [0.29, 0.717) is 13.1 Å². The van der Waals surface area contributed by atoms with Crippen LogP contribution in [0, 0.1) is 11.6 Å². The fraction of sp³-hybridized carbons (Fsp3) is 0.200. The van der Waals surface area contributed by atoms with Crippen molar-refractivity contribution in [2.45, 2.75) is 6.54 Å². The number of pyridine rings is 1. The highest BCUT2D eigenvalue weighted by Crippen LogP contribution is 2.10. The molecule has 2 aromatic rings. The molecule has 84 valence electrons. The topological polar surface area (TPSA) is 42.7 Å². The quantitative estimate of drug-likeness (QED) is 0.859. The molecule has 0 spiro atoms. The molecule has 0 radical (unpaired) electrons. The van der Waals surface area contributed by atoms with Gasteiger partial charge in [0.1, 0.15) is 5.82 Å². The third kappa shape index (κ3) is 2.53. The number of halogens is 2. The van der Waals surface area contributed by atoms with Gasteiger partial charge in [0.05, 0.1) is 12.7 Å². The molecule has 0 aliphatic rings. The van der Waals surface area contributed by atoms with Crippen LogP contribution in [0.25, 0.3) is 0 Å². The molecule has 6 heteroatoms. The van der Waals surface area contributed by atoms with E-state index in [1.165, 1.54) is 0 Å². The van der Waals surface area contributed by atoms with Crippen LogP contribution >= 0.6 is 0 Å². The summed E-state index contributed by atoms with van der Waals surface area (Å²) in [6, 6.07) is 2.60. The SMILES string of the molecule is Fc1cnc(NCCn2cccn2)c(F)c1. The van der Waals surface area contributed by atoms with Crippen LogP contribution in [0.5, 0.6) is 0 Å². The summed E-state index contributed by atoms with van der Waals surface area (Å²) in [5, 5.41) is 6.75. The summed E-state index contributed by atoms with van der Waals surface area (Å²) in [4.78, 5) is 3.61. The van der Waals surface area contributed by atoms with Crippen molar-refractivity contribution in [3.63, 3.8) is 0 Å². The molecule has 0 bridgehead atoms. The van der Waals surface area contributed by atoms with E-state index in [1.54, 1.807) is 23.1 Å². The minimum absolute atomic E-state index is 0.0496. The average molecular weight is 224 g/mol. The Morgan fingerprint density at radius 2 is 2.25 bits per heavy atom. The third-order valence-electron chi connectivity index (χ3n) is 2.00. The van der Waals surface area contributed by atoms with Crippen molar-refractivity contribution in [1.82, 2.24) is 14.8 Å². The molecule has 2 rings (SSSR count). The summed E-state index contributed by atoms with van der Waals surface area (Å²) in [6.07, 6.45) is 4.44. The highest BCUT2D eigenvalue weighted by Gasteiger charge is 2.04. The smallest absolute Gasteiger partial charge is 0.168 e. The molecule has 4 nitrogen and oxygen atoms in total. The van der Waals surface area contributed by atoms with Gasteiger partial charge in [-0.3, -0.25) is 4.68 Å². The van der Waals surface area contributed by atoms with Gasteiger partial charge in [0.15, 0.2) is 11.6 Å². The van der Waals surface area contributed by atoms with Crippen molar-refractivity contribution < 1.29 is 8.78 Å². The highest BCUT2D eigenvalue weighted by atomic mass is 19.1. The number of nitrogens with one attached hydrogen (secondary N) is 1. The Kier molecular flexibility index (Phi) is 3.09. The molecule has 2 heterocycles. The Morgan fingerprint density at radius 1 is 1.38 bits per heavy atom. The second kappa shape index (κ2) is 4.69. The lowest BCUT2D eigenvalue weighted by molar-refractivity contribution is 0.573. The van der Waals surface area contributed by atoms with Crippen LogP contribution in [-0.2, 0) is 6.54 Å². The first kappa shape index (κ1) is 10.5. The summed E-state index contributed by atoms with van der Waals surface area (Å²) in [7, 11) is 0. The molecule has 0 aliphatic carbocycles. The van der Waals surface area contributed by atoms with Crippen molar-refractivity contribution in [3.05, 3.63) is 42.4 Å². The molecule has 0 aliphatic heterocycles. The van der Waals surface area contributed by atoms with E-state index in [0.717, 1.165) is 12.3 Å². The van der Waals surface area contributed by atoms with Crippen molar-refractivity contribution in [2.75, 3.05) is 11.9 Å². The number of rotatable bonds is 4. The zero-order chi connectivity index (χ0) is 11.4. The molecule has 0 fully saturated rings. The maximum atomic E-state index is 13.1. The lowest BCUT2D eigenvalue weighted by atomic mass is 10.4. The van der Waals surface area contributed by atoms with E-state index >= 15 is 0 Å². The third-order valence-corrected chi connectivity index (χ3v) is 2.00. The molecule has 1 N–H and O–H groups in total. The fourth-order valence-corrected chi connectivity index (χ4v) is 1.27. The predicted octanol–water partition coefficient (Wildman–Crippen LogP) is 1.67. The van der Waals surface area contributed by atoms with Crippen molar-refractivity contribution in [2.24, 2.45) is 0 Å². The van der Waals surface area contributed by atoms with Gasteiger partial charge < -0.3 is 5.32 Å². The van der Waals surface area contributed by atoms with E-state index in [4.69, 9.17) is 0 Å². The Bertz CT molecular complexity index is 456. The summed E-state index contributed by atoms with van der Waals surface area (Å²) < 4.78 is 27.4. The van der Waals surface area contributed by atoms with Crippen LogP contribution in [0.2, 0.25) is 0 Å². The van der Waals surface area contributed by atoms with Crippen LogP contribution < -0.4 is 5.32 Å². The molecular formula is C10H10F2N4. The Balaban J connectivity index is 1.90. The maximum Gasteiger partial charge on any atom is 0.168 e. The molecular weight excluding hydrogens is 214 g/mol. The van der Waals surface area contributed by atoms with Gasteiger partial charge in [-0.25, -0.2) is 13.8 Å². The standard InChI is InChI=1S/C10H10F2N4/c11-8-6-9(12)10(14-7-8)13-3-5-16-4-1-2-15-16/h1-2,4,6-7H,3,5H2,(H,13,14).